The fraction of sp³-hybridized carbons (Fsp3) is 0.250. The minimum absolute atomic E-state index is 0.220. The first-order valence-corrected chi connectivity index (χ1v) is 6.09. The molecule has 0 aromatic heterocycles. The van der Waals surface area contributed by atoms with Crippen molar-refractivity contribution in [3.8, 4) is 22.6 Å². The predicted octanol–water partition coefficient (Wildman–Crippen LogP) is 4.19. The Balaban J connectivity index is 2.62. The molecule has 0 unspecified atom stereocenters. The number of ether oxygens (including phenoxy) is 1. The SMILES string of the molecule is COc1cc(O)ccc1-c1ccccc1C(C)C. The minimum atomic E-state index is 0.220. The zero-order valence-electron chi connectivity index (χ0n) is 11.0. The normalized spacial score (nSPS) is 10.7. The van der Waals surface area contributed by atoms with E-state index in [1.54, 1.807) is 19.2 Å². The van der Waals surface area contributed by atoms with Crippen molar-refractivity contribution in [3.05, 3.63) is 48.0 Å². The molecule has 0 aliphatic rings. The van der Waals surface area contributed by atoms with Gasteiger partial charge in [-0.1, -0.05) is 38.1 Å². The van der Waals surface area contributed by atoms with E-state index in [0.717, 1.165) is 11.1 Å². The standard InChI is InChI=1S/C16H18O2/c1-11(2)13-6-4-5-7-14(13)15-9-8-12(17)10-16(15)18-3/h4-11,17H,1-3H3. The van der Waals surface area contributed by atoms with Gasteiger partial charge >= 0.3 is 0 Å². The Bertz CT molecular complexity index is 545. The third-order valence-electron chi connectivity index (χ3n) is 3.06. The van der Waals surface area contributed by atoms with Crippen LogP contribution >= 0.6 is 0 Å². The van der Waals surface area contributed by atoms with Gasteiger partial charge in [-0.05, 0) is 29.2 Å². The zero-order chi connectivity index (χ0) is 13.1. The number of hydrogen-bond acceptors (Lipinski definition) is 2. The highest BCUT2D eigenvalue weighted by Crippen LogP contribution is 2.36. The van der Waals surface area contributed by atoms with Gasteiger partial charge in [0, 0.05) is 11.6 Å². The molecule has 0 atom stereocenters. The summed E-state index contributed by atoms with van der Waals surface area (Å²) >= 11 is 0. The van der Waals surface area contributed by atoms with Crippen LogP contribution in [-0.2, 0) is 0 Å². The van der Waals surface area contributed by atoms with Gasteiger partial charge in [0.1, 0.15) is 11.5 Å². The van der Waals surface area contributed by atoms with Crippen LogP contribution in [0.15, 0.2) is 42.5 Å². The van der Waals surface area contributed by atoms with Crippen molar-refractivity contribution in [1.82, 2.24) is 0 Å². The van der Waals surface area contributed by atoms with Crippen molar-refractivity contribution in [2.45, 2.75) is 19.8 Å². The summed E-state index contributed by atoms with van der Waals surface area (Å²) in [6.07, 6.45) is 0. The van der Waals surface area contributed by atoms with Gasteiger partial charge in [0.2, 0.25) is 0 Å². The molecule has 0 spiro atoms. The minimum Gasteiger partial charge on any atom is -0.508 e. The molecule has 0 amide bonds. The van der Waals surface area contributed by atoms with E-state index < -0.39 is 0 Å². The Morgan fingerprint density at radius 3 is 2.39 bits per heavy atom. The summed E-state index contributed by atoms with van der Waals surface area (Å²) in [6, 6.07) is 13.5. The average Bonchev–Trinajstić information content (AvgIpc) is 2.38. The molecule has 94 valence electrons. The Morgan fingerprint density at radius 2 is 1.72 bits per heavy atom. The van der Waals surface area contributed by atoms with Gasteiger partial charge < -0.3 is 9.84 Å². The van der Waals surface area contributed by atoms with E-state index in [2.05, 4.69) is 26.0 Å². The quantitative estimate of drug-likeness (QED) is 0.874. The van der Waals surface area contributed by atoms with Gasteiger partial charge in [-0.25, -0.2) is 0 Å². The van der Waals surface area contributed by atoms with Crippen molar-refractivity contribution in [1.29, 1.82) is 0 Å². The highest BCUT2D eigenvalue weighted by molar-refractivity contribution is 5.74. The third kappa shape index (κ3) is 2.33. The van der Waals surface area contributed by atoms with E-state index >= 15 is 0 Å². The highest BCUT2D eigenvalue weighted by atomic mass is 16.5. The topological polar surface area (TPSA) is 29.5 Å². The van der Waals surface area contributed by atoms with E-state index in [1.165, 1.54) is 5.56 Å². The lowest BCUT2D eigenvalue weighted by Gasteiger charge is -2.15. The van der Waals surface area contributed by atoms with Crippen molar-refractivity contribution in [3.63, 3.8) is 0 Å². The molecule has 2 nitrogen and oxygen atoms in total. The summed E-state index contributed by atoms with van der Waals surface area (Å²) in [5.41, 5.74) is 3.45. The number of methoxy groups -OCH3 is 1. The fourth-order valence-electron chi connectivity index (χ4n) is 2.15. The van der Waals surface area contributed by atoms with Crippen LogP contribution in [0.5, 0.6) is 11.5 Å². The molecular formula is C16H18O2. The number of aromatic hydroxyl groups is 1. The molecule has 2 heteroatoms. The van der Waals surface area contributed by atoms with Gasteiger partial charge in [-0.15, -0.1) is 0 Å². The number of rotatable bonds is 3. The second-order valence-corrected chi connectivity index (χ2v) is 4.63. The lowest BCUT2D eigenvalue weighted by atomic mass is 9.92. The first kappa shape index (κ1) is 12.5. The number of phenols is 1. The zero-order valence-corrected chi connectivity index (χ0v) is 11.0. The van der Waals surface area contributed by atoms with Crippen molar-refractivity contribution in [2.24, 2.45) is 0 Å². The van der Waals surface area contributed by atoms with Gasteiger partial charge in [0.25, 0.3) is 0 Å². The molecule has 0 bridgehead atoms. The van der Waals surface area contributed by atoms with E-state index in [9.17, 15) is 5.11 Å². The maximum absolute atomic E-state index is 9.51. The maximum Gasteiger partial charge on any atom is 0.130 e. The molecule has 0 saturated carbocycles. The second kappa shape index (κ2) is 5.13. The molecular weight excluding hydrogens is 224 g/mol. The van der Waals surface area contributed by atoms with E-state index in [-0.39, 0.29) is 5.75 Å². The van der Waals surface area contributed by atoms with Gasteiger partial charge in [-0.3, -0.25) is 0 Å². The van der Waals surface area contributed by atoms with Crippen LogP contribution in [0.25, 0.3) is 11.1 Å². The second-order valence-electron chi connectivity index (χ2n) is 4.63. The van der Waals surface area contributed by atoms with Crippen LogP contribution in [0.1, 0.15) is 25.3 Å². The number of benzene rings is 2. The van der Waals surface area contributed by atoms with E-state index in [1.807, 2.05) is 18.2 Å². The van der Waals surface area contributed by atoms with Gasteiger partial charge in [0.15, 0.2) is 0 Å². The molecule has 2 aromatic rings. The molecule has 0 aliphatic heterocycles. The Hall–Kier alpha value is -1.96. The molecule has 1 N–H and O–H groups in total. The van der Waals surface area contributed by atoms with Gasteiger partial charge in [-0.2, -0.15) is 0 Å². The molecule has 2 rings (SSSR count). The van der Waals surface area contributed by atoms with Crippen LogP contribution in [0, 0.1) is 0 Å². The highest BCUT2D eigenvalue weighted by Gasteiger charge is 2.12. The molecule has 0 saturated heterocycles. The summed E-state index contributed by atoms with van der Waals surface area (Å²) in [4.78, 5) is 0. The monoisotopic (exact) mass is 242 g/mol. The largest absolute Gasteiger partial charge is 0.508 e. The Kier molecular flexibility index (Phi) is 3.56. The summed E-state index contributed by atoms with van der Waals surface area (Å²) < 4.78 is 5.36. The lowest BCUT2D eigenvalue weighted by Crippen LogP contribution is -1.94. The molecule has 0 heterocycles. The summed E-state index contributed by atoms with van der Waals surface area (Å²) in [5, 5.41) is 9.51. The molecule has 18 heavy (non-hydrogen) atoms. The fourth-order valence-corrected chi connectivity index (χ4v) is 2.15. The summed E-state index contributed by atoms with van der Waals surface area (Å²) in [5.74, 6) is 1.36. The maximum atomic E-state index is 9.51. The Labute approximate surface area is 108 Å². The Morgan fingerprint density at radius 1 is 1.00 bits per heavy atom. The van der Waals surface area contributed by atoms with Crippen LogP contribution in [-0.4, -0.2) is 12.2 Å². The smallest absolute Gasteiger partial charge is 0.130 e. The molecule has 2 aromatic carbocycles. The van der Waals surface area contributed by atoms with Gasteiger partial charge in [0.05, 0.1) is 7.11 Å². The van der Waals surface area contributed by atoms with Crippen LogP contribution in [0.2, 0.25) is 0 Å². The van der Waals surface area contributed by atoms with Crippen LogP contribution < -0.4 is 4.74 Å². The average molecular weight is 242 g/mol. The van der Waals surface area contributed by atoms with Crippen LogP contribution in [0.3, 0.4) is 0 Å². The van der Waals surface area contributed by atoms with Crippen molar-refractivity contribution < 1.29 is 9.84 Å². The number of hydrogen-bond donors (Lipinski definition) is 1. The first-order valence-electron chi connectivity index (χ1n) is 6.09. The third-order valence-corrected chi connectivity index (χ3v) is 3.06. The summed E-state index contributed by atoms with van der Waals surface area (Å²) in [6.45, 7) is 4.34. The number of phenolic OH excluding ortho intramolecular Hbond substituents is 1. The predicted molar refractivity (Wildman–Crippen MR) is 74.2 cm³/mol. The van der Waals surface area contributed by atoms with E-state index in [0.29, 0.717) is 11.7 Å². The van der Waals surface area contributed by atoms with E-state index in [4.69, 9.17) is 4.74 Å². The lowest BCUT2D eigenvalue weighted by molar-refractivity contribution is 0.409. The van der Waals surface area contributed by atoms with Crippen molar-refractivity contribution >= 4 is 0 Å². The van der Waals surface area contributed by atoms with Crippen LogP contribution in [0.4, 0.5) is 0 Å². The summed E-state index contributed by atoms with van der Waals surface area (Å²) in [7, 11) is 1.62. The molecule has 0 radical (unpaired) electrons. The van der Waals surface area contributed by atoms with Crippen molar-refractivity contribution in [2.75, 3.05) is 7.11 Å². The molecule has 0 aliphatic carbocycles. The first-order chi connectivity index (χ1) is 8.63. The molecule has 0 fully saturated rings.